The second-order valence-corrected chi connectivity index (χ2v) is 21.6. The summed E-state index contributed by atoms with van der Waals surface area (Å²) in [4.78, 5) is 38.4. The van der Waals surface area contributed by atoms with Crippen molar-refractivity contribution in [2.75, 3.05) is 13.2 Å². The highest BCUT2D eigenvalue weighted by atomic mass is 16.6. The molecule has 1 atom stereocenters. The molecule has 0 bridgehead atoms. The van der Waals surface area contributed by atoms with E-state index >= 15 is 0 Å². The Morgan fingerprint density at radius 2 is 0.494 bits per heavy atom. The zero-order valence-electron chi connectivity index (χ0n) is 53.4. The lowest BCUT2D eigenvalue weighted by molar-refractivity contribution is -0.166. The minimum atomic E-state index is -0.835. The van der Waals surface area contributed by atoms with E-state index in [1.54, 1.807) is 0 Å². The number of ether oxygens (including phenoxy) is 3. The third-order valence-corrected chi connectivity index (χ3v) is 13.7. The van der Waals surface area contributed by atoms with Gasteiger partial charge in [-0.1, -0.05) is 287 Å². The SMILES string of the molecule is CC/C=C\C/C=C\C/C=C\C/C=C\C/C=C\C/C=C\CCCCCCCCCCC(=O)OCC(COC(=O)CCCCCCCCCCC/C=C\C/C=C\CCCCC)OC(=O)CC/C=C\C/C=C\C/C=C\C/C=C\C/C=C\C/C=C\CC. The van der Waals surface area contributed by atoms with E-state index < -0.39 is 12.1 Å². The van der Waals surface area contributed by atoms with Crippen LogP contribution in [0.5, 0.6) is 0 Å². The zero-order valence-corrected chi connectivity index (χ0v) is 53.4. The predicted molar refractivity (Wildman–Crippen MR) is 361 cm³/mol. The number of carbonyl (C=O) groups is 3. The van der Waals surface area contributed by atoms with E-state index in [9.17, 15) is 14.4 Å². The Balaban J connectivity index is 4.50. The Hall–Kier alpha value is -5.23. The molecular formula is C77H122O6. The first-order chi connectivity index (χ1) is 41.0. The summed E-state index contributed by atoms with van der Waals surface area (Å²) in [5, 5.41) is 0. The minimum absolute atomic E-state index is 0.120. The van der Waals surface area contributed by atoms with Crippen LogP contribution in [-0.4, -0.2) is 37.2 Å². The van der Waals surface area contributed by atoms with Gasteiger partial charge in [-0.2, -0.15) is 0 Å². The van der Waals surface area contributed by atoms with Gasteiger partial charge >= 0.3 is 17.9 Å². The molecule has 466 valence electrons. The van der Waals surface area contributed by atoms with Gasteiger partial charge in [0.1, 0.15) is 13.2 Å². The molecule has 0 aliphatic carbocycles. The van der Waals surface area contributed by atoms with Crippen molar-refractivity contribution in [3.8, 4) is 0 Å². The number of hydrogen-bond donors (Lipinski definition) is 0. The topological polar surface area (TPSA) is 78.9 Å². The van der Waals surface area contributed by atoms with E-state index in [-0.39, 0.29) is 31.6 Å². The molecule has 0 aliphatic rings. The van der Waals surface area contributed by atoms with Gasteiger partial charge in [-0.3, -0.25) is 14.4 Å². The van der Waals surface area contributed by atoms with Crippen LogP contribution in [-0.2, 0) is 28.6 Å². The Morgan fingerprint density at radius 3 is 0.783 bits per heavy atom. The second kappa shape index (κ2) is 69.3. The molecule has 0 radical (unpaired) electrons. The molecule has 0 rings (SSSR count). The molecule has 0 amide bonds. The summed E-state index contributed by atoms with van der Waals surface area (Å²) in [7, 11) is 0. The van der Waals surface area contributed by atoms with E-state index in [1.807, 2.05) is 6.08 Å². The van der Waals surface area contributed by atoms with Gasteiger partial charge in [0.15, 0.2) is 6.10 Å². The van der Waals surface area contributed by atoms with Crippen molar-refractivity contribution in [1.82, 2.24) is 0 Å². The number of allylic oxidation sites excluding steroid dienone is 28. The lowest BCUT2D eigenvalue weighted by Gasteiger charge is -2.18. The molecule has 0 saturated carbocycles. The molecule has 0 fully saturated rings. The predicted octanol–water partition coefficient (Wildman–Crippen LogP) is 23.4. The maximum Gasteiger partial charge on any atom is 0.306 e. The van der Waals surface area contributed by atoms with Crippen molar-refractivity contribution in [1.29, 1.82) is 0 Å². The van der Waals surface area contributed by atoms with Gasteiger partial charge in [-0.25, -0.2) is 0 Å². The van der Waals surface area contributed by atoms with Gasteiger partial charge in [0.25, 0.3) is 0 Å². The fourth-order valence-corrected chi connectivity index (χ4v) is 8.74. The summed E-state index contributed by atoms with van der Waals surface area (Å²) in [5.41, 5.74) is 0. The van der Waals surface area contributed by atoms with Crippen molar-refractivity contribution in [2.45, 2.75) is 284 Å². The molecule has 0 aromatic carbocycles. The van der Waals surface area contributed by atoms with Crippen molar-refractivity contribution in [2.24, 2.45) is 0 Å². The molecule has 0 N–H and O–H groups in total. The summed E-state index contributed by atoms with van der Waals surface area (Å²) >= 11 is 0. The van der Waals surface area contributed by atoms with E-state index in [4.69, 9.17) is 14.2 Å². The second-order valence-electron chi connectivity index (χ2n) is 21.6. The number of unbranched alkanes of at least 4 members (excludes halogenated alkanes) is 20. The third kappa shape index (κ3) is 67.4. The molecule has 0 aromatic heterocycles. The summed E-state index contributed by atoms with van der Waals surface area (Å²) in [6.07, 6.45) is 102. The molecule has 6 heteroatoms. The van der Waals surface area contributed by atoms with Crippen LogP contribution in [0.4, 0.5) is 0 Å². The molecule has 0 spiro atoms. The maximum atomic E-state index is 12.9. The van der Waals surface area contributed by atoms with Crippen LogP contribution in [0.1, 0.15) is 278 Å². The fourth-order valence-electron chi connectivity index (χ4n) is 8.74. The van der Waals surface area contributed by atoms with Crippen LogP contribution < -0.4 is 0 Å². The van der Waals surface area contributed by atoms with Gasteiger partial charge in [-0.05, 0) is 141 Å². The monoisotopic (exact) mass is 1140 g/mol. The Bertz CT molecular complexity index is 1890. The maximum absolute atomic E-state index is 12.9. The summed E-state index contributed by atoms with van der Waals surface area (Å²) in [5.74, 6) is -1.02. The van der Waals surface area contributed by atoms with E-state index in [2.05, 4.69) is 185 Å². The van der Waals surface area contributed by atoms with Crippen molar-refractivity contribution in [3.05, 3.63) is 170 Å². The van der Waals surface area contributed by atoms with Crippen LogP contribution >= 0.6 is 0 Å². The normalized spacial score (nSPS) is 13.2. The van der Waals surface area contributed by atoms with Gasteiger partial charge < -0.3 is 14.2 Å². The quantitative estimate of drug-likeness (QED) is 0.0261. The molecule has 0 aliphatic heterocycles. The largest absolute Gasteiger partial charge is 0.462 e. The first-order valence-corrected chi connectivity index (χ1v) is 33.6. The molecule has 1 unspecified atom stereocenters. The lowest BCUT2D eigenvalue weighted by Crippen LogP contribution is -2.30. The molecule has 83 heavy (non-hydrogen) atoms. The van der Waals surface area contributed by atoms with Gasteiger partial charge in [0.05, 0.1) is 0 Å². The number of carbonyl (C=O) groups excluding carboxylic acids is 3. The van der Waals surface area contributed by atoms with Gasteiger partial charge in [0, 0.05) is 19.3 Å². The molecule has 0 aromatic rings. The minimum Gasteiger partial charge on any atom is -0.462 e. The van der Waals surface area contributed by atoms with Gasteiger partial charge in [-0.15, -0.1) is 0 Å². The number of hydrogen-bond acceptors (Lipinski definition) is 6. The van der Waals surface area contributed by atoms with Crippen LogP contribution in [0, 0.1) is 0 Å². The standard InChI is InChI=1S/C77H122O6/c1-4-7-10-13-16-19-22-25-28-31-34-35-36-37-38-39-40-41-44-46-49-52-55-58-61-64-67-70-76(79)82-73-74(83-77(80)71-68-65-62-59-56-53-50-47-43-33-30-27-24-21-18-15-12-9-6-3)72-81-75(78)69-66-63-60-57-54-51-48-45-42-32-29-26-23-20-17-14-11-8-5-2/h7,9-10,12,16-21,25-30,34-35,37-38,40-41,43,47,53,56,62,65,74H,4-6,8,11,13-15,22-24,31-33,36,39,42,44-46,48-52,54-55,57-61,63-64,66-73H2,1-3H3/b10-7-,12-9-,19-16-,20-17-,21-18-,28-25-,29-26-,30-27-,35-34-,38-37-,41-40-,47-43-,56-53-,65-62-. The fraction of sp³-hybridized carbons (Fsp3) is 0.597. The van der Waals surface area contributed by atoms with Crippen molar-refractivity contribution >= 4 is 17.9 Å². The first-order valence-electron chi connectivity index (χ1n) is 33.6. The summed E-state index contributed by atoms with van der Waals surface area (Å²) < 4.78 is 16.9. The van der Waals surface area contributed by atoms with Crippen LogP contribution in [0.25, 0.3) is 0 Å². The van der Waals surface area contributed by atoms with Crippen LogP contribution in [0.15, 0.2) is 170 Å². The van der Waals surface area contributed by atoms with E-state index in [0.717, 1.165) is 128 Å². The molecule has 0 heterocycles. The van der Waals surface area contributed by atoms with E-state index in [0.29, 0.717) is 19.3 Å². The Morgan fingerprint density at radius 1 is 0.253 bits per heavy atom. The number of rotatable bonds is 59. The van der Waals surface area contributed by atoms with Gasteiger partial charge in [0.2, 0.25) is 0 Å². The zero-order chi connectivity index (χ0) is 59.9. The Labute approximate surface area is 511 Å². The Kier molecular flexibility index (Phi) is 64.9. The first kappa shape index (κ1) is 77.8. The molecular weight excluding hydrogens is 1020 g/mol. The third-order valence-electron chi connectivity index (χ3n) is 13.7. The highest BCUT2D eigenvalue weighted by molar-refractivity contribution is 5.71. The lowest BCUT2D eigenvalue weighted by atomic mass is 10.1. The van der Waals surface area contributed by atoms with Crippen molar-refractivity contribution in [3.63, 3.8) is 0 Å². The van der Waals surface area contributed by atoms with Crippen LogP contribution in [0.3, 0.4) is 0 Å². The highest BCUT2D eigenvalue weighted by Crippen LogP contribution is 2.15. The molecule has 6 nitrogen and oxygen atoms in total. The summed E-state index contributed by atoms with van der Waals surface area (Å²) in [6.45, 7) is 6.32. The molecule has 0 saturated heterocycles. The number of esters is 3. The smallest absolute Gasteiger partial charge is 0.306 e. The van der Waals surface area contributed by atoms with E-state index in [1.165, 1.54) is 103 Å². The van der Waals surface area contributed by atoms with Crippen LogP contribution in [0.2, 0.25) is 0 Å². The average Bonchev–Trinajstić information content (AvgIpc) is 3.50. The highest BCUT2D eigenvalue weighted by Gasteiger charge is 2.19. The van der Waals surface area contributed by atoms with Crippen molar-refractivity contribution < 1.29 is 28.6 Å². The average molecular weight is 1140 g/mol. The summed E-state index contributed by atoms with van der Waals surface area (Å²) in [6, 6.07) is 0.